The minimum Gasteiger partial charge on any atom is -0.508 e. The molecule has 0 spiro atoms. The number of alkyl halides is 5. The zero-order valence-corrected chi connectivity index (χ0v) is 23.7. The van der Waals surface area contributed by atoms with Crippen LogP contribution in [-0.4, -0.2) is 40.0 Å². The van der Waals surface area contributed by atoms with Gasteiger partial charge in [-0.1, -0.05) is 69.6 Å². The summed E-state index contributed by atoms with van der Waals surface area (Å²) in [5, 5.41) is 29.0. The first kappa shape index (κ1) is 33.5. The Kier molecular flexibility index (Phi) is 12.3. The summed E-state index contributed by atoms with van der Waals surface area (Å²) in [5.74, 6) is -4.88. The number of fused-ring (bicyclic) bond motifs is 1. The quantitative estimate of drug-likeness (QED) is 0.124. The van der Waals surface area contributed by atoms with Gasteiger partial charge in [0.1, 0.15) is 17.2 Å². The molecular weight excluding hydrogens is 559 g/mol. The normalized spacial score (nSPS) is 17.8. The van der Waals surface area contributed by atoms with E-state index in [1.165, 1.54) is 0 Å². The number of benzene rings is 2. The molecule has 2 aromatic carbocycles. The molecule has 3 unspecified atom stereocenters. The first-order valence-corrected chi connectivity index (χ1v) is 14.8. The Balaban J connectivity index is 1.36. The van der Waals surface area contributed by atoms with Crippen molar-refractivity contribution in [1.29, 1.82) is 0 Å². The van der Waals surface area contributed by atoms with E-state index in [0.29, 0.717) is 25.2 Å². The van der Waals surface area contributed by atoms with Crippen LogP contribution in [0.3, 0.4) is 0 Å². The molecule has 0 radical (unpaired) electrons. The maximum Gasteiger partial charge on any atom is 0.453 e. The molecular formula is C32H41F5O5. The maximum atomic E-state index is 13.0. The molecule has 0 saturated carbocycles. The van der Waals surface area contributed by atoms with E-state index < -0.39 is 30.4 Å². The Morgan fingerprint density at radius 1 is 0.810 bits per heavy atom. The van der Waals surface area contributed by atoms with E-state index in [2.05, 4.69) is 0 Å². The van der Waals surface area contributed by atoms with Gasteiger partial charge in [0, 0.05) is 18.4 Å². The zero-order valence-electron chi connectivity index (χ0n) is 23.7. The van der Waals surface area contributed by atoms with Gasteiger partial charge in [-0.15, -0.1) is 0 Å². The molecule has 2 aromatic rings. The number of rotatable bonds is 17. The number of carboxylic acid groups (broad SMARTS) is 1. The van der Waals surface area contributed by atoms with Gasteiger partial charge < -0.3 is 20.1 Å². The number of carbonyl (C=O) groups is 1. The van der Waals surface area contributed by atoms with E-state index in [-0.39, 0.29) is 42.6 Å². The molecule has 0 saturated heterocycles. The Hall–Kier alpha value is -3.04. The van der Waals surface area contributed by atoms with Gasteiger partial charge in [-0.3, -0.25) is 4.79 Å². The highest BCUT2D eigenvalue weighted by atomic mass is 19.4. The van der Waals surface area contributed by atoms with Crippen LogP contribution < -0.4 is 4.74 Å². The highest BCUT2D eigenvalue weighted by Crippen LogP contribution is 2.46. The summed E-state index contributed by atoms with van der Waals surface area (Å²) < 4.78 is 68.7. The molecule has 1 aliphatic heterocycles. The minimum atomic E-state index is -5.55. The first-order valence-electron chi connectivity index (χ1n) is 14.8. The highest BCUT2D eigenvalue weighted by Gasteiger charge is 2.56. The van der Waals surface area contributed by atoms with Crippen molar-refractivity contribution >= 4 is 5.97 Å². The number of hydrogen-bond donors (Lipinski definition) is 3. The third-order valence-electron chi connectivity index (χ3n) is 8.25. The zero-order chi connectivity index (χ0) is 30.8. The molecule has 0 amide bonds. The molecule has 0 aromatic heterocycles. The van der Waals surface area contributed by atoms with Crippen LogP contribution in [0.1, 0.15) is 106 Å². The van der Waals surface area contributed by atoms with Crippen molar-refractivity contribution < 1.29 is 46.8 Å². The summed E-state index contributed by atoms with van der Waals surface area (Å²) >= 11 is 0. The van der Waals surface area contributed by atoms with Crippen molar-refractivity contribution in [2.45, 2.75) is 107 Å². The van der Waals surface area contributed by atoms with E-state index in [0.717, 1.165) is 56.1 Å². The molecule has 3 rings (SSSR count). The molecule has 10 heteroatoms. The van der Waals surface area contributed by atoms with Crippen LogP contribution in [0.15, 0.2) is 42.5 Å². The molecule has 3 atom stereocenters. The number of halogens is 5. The van der Waals surface area contributed by atoms with Crippen LogP contribution in [0.4, 0.5) is 22.0 Å². The Morgan fingerprint density at radius 3 is 2.00 bits per heavy atom. The topological polar surface area (TPSA) is 87.0 Å². The first-order chi connectivity index (χ1) is 19.9. The fraction of sp³-hybridized carbons (Fsp3) is 0.594. The Morgan fingerprint density at radius 2 is 1.38 bits per heavy atom. The number of ether oxygens (including phenoxy) is 1. The van der Waals surface area contributed by atoms with E-state index in [1.807, 2.05) is 18.2 Å². The minimum absolute atomic E-state index is 0.122. The lowest BCUT2D eigenvalue weighted by atomic mass is 9.77. The third-order valence-corrected chi connectivity index (χ3v) is 8.25. The number of carboxylic acids is 1. The van der Waals surface area contributed by atoms with Crippen molar-refractivity contribution in [3.63, 3.8) is 0 Å². The number of aliphatic carboxylic acids is 1. The predicted molar refractivity (Wildman–Crippen MR) is 149 cm³/mol. The maximum absolute atomic E-state index is 13.0. The lowest BCUT2D eigenvalue weighted by molar-refractivity contribution is -0.284. The number of aromatic hydroxyl groups is 2. The van der Waals surface area contributed by atoms with Gasteiger partial charge in [-0.2, -0.15) is 22.0 Å². The number of unbranched alkanes of at least 4 members (excludes halogenated alkanes) is 7. The Labute approximate surface area is 243 Å². The van der Waals surface area contributed by atoms with Crippen molar-refractivity contribution in [3.8, 4) is 17.2 Å². The van der Waals surface area contributed by atoms with E-state index >= 15 is 0 Å². The van der Waals surface area contributed by atoms with Crippen LogP contribution in [0, 0.1) is 5.92 Å². The van der Waals surface area contributed by atoms with E-state index in [1.54, 1.807) is 24.3 Å². The molecule has 42 heavy (non-hydrogen) atoms. The fourth-order valence-corrected chi connectivity index (χ4v) is 5.78. The second-order valence-electron chi connectivity index (χ2n) is 11.4. The summed E-state index contributed by atoms with van der Waals surface area (Å²) in [6, 6.07) is 12.4. The van der Waals surface area contributed by atoms with Gasteiger partial charge in [0.25, 0.3) is 0 Å². The summed E-state index contributed by atoms with van der Waals surface area (Å²) in [5.41, 5.74) is 2.15. The van der Waals surface area contributed by atoms with Crippen LogP contribution in [0.2, 0.25) is 0 Å². The van der Waals surface area contributed by atoms with Crippen LogP contribution in [0.5, 0.6) is 17.2 Å². The second-order valence-corrected chi connectivity index (χ2v) is 11.4. The van der Waals surface area contributed by atoms with Gasteiger partial charge in [-0.05, 0) is 60.9 Å². The molecule has 3 N–H and O–H groups in total. The number of phenolic OH excluding ortho intramolecular Hbond substituents is 2. The van der Waals surface area contributed by atoms with Gasteiger partial charge in [-0.25, -0.2) is 0 Å². The lowest BCUT2D eigenvalue weighted by Gasteiger charge is -2.34. The van der Waals surface area contributed by atoms with Crippen LogP contribution in [-0.2, 0) is 4.79 Å². The monoisotopic (exact) mass is 600 g/mol. The second kappa shape index (κ2) is 15.4. The molecule has 5 nitrogen and oxygen atoms in total. The largest absolute Gasteiger partial charge is 0.508 e. The van der Waals surface area contributed by atoms with Crippen LogP contribution >= 0.6 is 0 Å². The average molecular weight is 601 g/mol. The average Bonchev–Trinajstić information content (AvgIpc) is 2.92. The van der Waals surface area contributed by atoms with Gasteiger partial charge >= 0.3 is 18.1 Å². The van der Waals surface area contributed by atoms with Crippen LogP contribution in [0.25, 0.3) is 0 Å². The smallest absolute Gasteiger partial charge is 0.453 e. The third kappa shape index (κ3) is 9.76. The van der Waals surface area contributed by atoms with E-state index in [9.17, 15) is 42.1 Å². The standard InChI is InChI=1S/C32H41F5O5/c33-31(34,32(35,36)37)19-9-5-7-11-23(30(40)41)10-6-3-1-2-4-8-12-26-27-18-17-25(39)20-29(27)42-21-28(26)22-13-15-24(38)16-14-22/h13-18,20,23,26,28,38-39H,1-12,19,21H2,(H,40,41). The predicted octanol–water partition coefficient (Wildman–Crippen LogP) is 9.33. The molecule has 1 heterocycles. The molecule has 234 valence electrons. The SMILES string of the molecule is O=C(O)C(CCCCCCCCC1c2ccc(O)cc2OCC1c1ccc(O)cc1)CCCCCC(F)(F)C(F)(F)F. The summed E-state index contributed by atoms with van der Waals surface area (Å²) in [7, 11) is 0. The van der Waals surface area contributed by atoms with Gasteiger partial charge in [0.05, 0.1) is 12.5 Å². The van der Waals surface area contributed by atoms with Gasteiger partial charge in [0.15, 0.2) is 0 Å². The summed E-state index contributed by atoms with van der Waals surface area (Å²) in [6.45, 7) is 0.483. The molecule has 1 aliphatic rings. The highest BCUT2D eigenvalue weighted by molar-refractivity contribution is 5.69. The number of phenols is 2. The number of hydrogen-bond acceptors (Lipinski definition) is 4. The summed E-state index contributed by atoms with van der Waals surface area (Å²) in [4.78, 5) is 11.6. The van der Waals surface area contributed by atoms with Crippen molar-refractivity contribution in [2.24, 2.45) is 5.92 Å². The molecule has 0 fully saturated rings. The van der Waals surface area contributed by atoms with E-state index in [4.69, 9.17) is 4.74 Å². The van der Waals surface area contributed by atoms with Crippen molar-refractivity contribution in [1.82, 2.24) is 0 Å². The van der Waals surface area contributed by atoms with Crippen molar-refractivity contribution in [2.75, 3.05) is 6.61 Å². The molecule has 0 aliphatic carbocycles. The summed E-state index contributed by atoms with van der Waals surface area (Å²) in [6.07, 6.45) is 0.575. The fourth-order valence-electron chi connectivity index (χ4n) is 5.78. The lowest BCUT2D eigenvalue weighted by Crippen LogP contribution is -2.36. The van der Waals surface area contributed by atoms with Crippen molar-refractivity contribution in [3.05, 3.63) is 53.6 Å². The van der Waals surface area contributed by atoms with Gasteiger partial charge in [0.2, 0.25) is 0 Å². The molecule has 0 bridgehead atoms. The Bertz CT molecular complexity index is 1120.